The van der Waals surface area contributed by atoms with Crippen molar-refractivity contribution in [2.45, 2.75) is 12.5 Å². The summed E-state index contributed by atoms with van der Waals surface area (Å²) < 4.78 is 45.5. The molecular formula is C25H19FN4O3S. The fourth-order valence-electron chi connectivity index (χ4n) is 4.37. The number of hydrogen-bond acceptors (Lipinski definition) is 6. The fourth-order valence-corrected chi connectivity index (χ4v) is 6.08. The molecule has 3 aromatic heterocycles. The number of hydrogen-bond donors (Lipinski definition) is 0. The van der Waals surface area contributed by atoms with Crippen LogP contribution >= 0.6 is 0 Å². The van der Waals surface area contributed by atoms with Crippen LogP contribution in [0.2, 0.25) is 0 Å². The van der Waals surface area contributed by atoms with Gasteiger partial charge in [-0.3, -0.25) is 4.68 Å². The monoisotopic (exact) mass is 474 g/mol. The van der Waals surface area contributed by atoms with E-state index in [9.17, 15) is 12.8 Å². The standard InChI is InChI=1S/C25H19FN4O3S/c26-18-8-6-17(7-9-18)23-21(13-30(29-23)19-10-11-34(31,32)14-19)24-20-12-22(16-4-2-1-3-5-16)33-25(20)28-15-27-24/h1-9,12-13,15,19H,10-11,14H2/t19-/m0/s1. The Kier molecular flexibility index (Phi) is 4.80. The van der Waals surface area contributed by atoms with Gasteiger partial charge in [0.25, 0.3) is 0 Å². The Morgan fingerprint density at radius 2 is 1.76 bits per heavy atom. The number of halogens is 1. The van der Waals surface area contributed by atoms with Crippen molar-refractivity contribution in [1.82, 2.24) is 19.7 Å². The molecule has 0 bridgehead atoms. The molecule has 0 unspecified atom stereocenters. The summed E-state index contributed by atoms with van der Waals surface area (Å²) in [6, 6.07) is 17.4. The first-order valence-corrected chi connectivity index (χ1v) is 12.6. The number of rotatable bonds is 4. The van der Waals surface area contributed by atoms with Crippen LogP contribution in [0.15, 0.2) is 77.6 Å². The highest BCUT2D eigenvalue weighted by atomic mass is 32.2. The van der Waals surface area contributed by atoms with Crippen molar-refractivity contribution in [2.24, 2.45) is 0 Å². The molecule has 0 radical (unpaired) electrons. The number of furan rings is 1. The molecule has 0 saturated carbocycles. The highest BCUT2D eigenvalue weighted by Crippen LogP contribution is 2.38. The van der Waals surface area contributed by atoms with Crippen LogP contribution in [0.1, 0.15) is 12.5 Å². The summed E-state index contributed by atoms with van der Waals surface area (Å²) in [5.74, 6) is 0.493. The average molecular weight is 475 g/mol. The van der Waals surface area contributed by atoms with Crippen molar-refractivity contribution >= 4 is 20.9 Å². The second kappa shape index (κ2) is 7.88. The van der Waals surface area contributed by atoms with Gasteiger partial charge in [0.05, 0.1) is 28.6 Å². The van der Waals surface area contributed by atoms with Gasteiger partial charge in [-0.2, -0.15) is 5.10 Å². The third-order valence-electron chi connectivity index (χ3n) is 6.07. The maximum absolute atomic E-state index is 13.6. The minimum atomic E-state index is -3.10. The zero-order valence-corrected chi connectivity index (χ0v) is 18.7. The second-order valence-corrected chi connectivity index (χ2v) is 10.6. The van der Waals surface area contributed by atoms with Gasteiger partial charge in [-0.25, -0.2) is 22.8 Å². The Hall–Kier alpha value is -3.85. The molecule has 5 aromatic rings. The predicted molar refractivity (Wildman–Crippen MR) is 126 cm³/mol. The first-order valence-electron chi connectivity index (χ1n) is 10.8. The largest absolute Gasteiger partial charge is 0.438 e. The molecule has 1 aliphatic heterocycles. The van der Waals surface area contributed by atoms with Gasteiger partial charge in [0.15, 0.2) is 9.84 Å². The molecule has 1 fully saturated rings. The van der Waals surface area contributed by atoms with Gasteiger partial charge in [0.1, 0.15) is 23.6 Å². The quantitative estimate of drug-likeness (QED) is 0.367. The predicted octanol–water partition coefficient (Wildman–Crippen LogP) is 4.92. The van der Waals surface area contributed by atoms with Crippen LogP contribution in [-0.4, -0.2) is 39.7 Å². The summed E-state index contributed by atoms with van der Waals surface area (Å²) in [4.78, 5) is 8.84. The fraction of sp³-hybridized carbons (Fsp3) is 0.160. The molecule has 6 rings (SSSR count). The molecule has 0 spiro atoms. The Morgan fingerprint density at radius 1 is 0.971 bits per heavy atom. The van der Waals surface area contributed by atoms with Gasteiger partial charge < -0.3 is 4.42 Å². The van der Waals surface area contributed by atoms with Crippen LogP contribution in [0.5, 0.6) is 0 Å². The molecule has 170 valence electrons. The average Bonchev–Trinajstić information content (AvgIpc) is 3.56. The highest BCUT2D eigenvalue weighted by molar-refractivity contribution is 7.91. The molecule has 0 aliphatic carbocycles. The Balaban J connectivity index is 1.53. The second-order valence-electron chi connectivity index (χ2n) is 8.35. The third-order valence-corrected chi connectivity index (χ3v) is 7.83. The summed E-state index contributed by atoms with van der Waals surface area (Å²) >= 11 is 0. The van der Waals surface area contributed by atoms with E-state index in [1.807, 2.05) is 42.6 Å². The molecule has 9 heteroatoms. The van der Waals surface area contributed by atoms with E-state index in [0.717, 1.165) is 5.56 Å². The topological polar surface area (TPSA) is 90.9 Å². The molecule has 1 atom stereocenters. The van der Waals surface area contributed by atoms with E-state index in [0.29, 0.717) is 45.8 Å². The molecule has 1 aliphatic rings. The normalized spacial score (nSPS) is 17.4. The maximum Gasteiger partial charge on any atom is 0.230 e. The van der Waals surface area contributed by atoms with Crippen molar-refractivity contribution in [3.63, 3.8) is 0 Å². The van der Waals surface area contributed by atoms with Gasteiger partial charge >= 0.3 is 0 Å². The van der Waals surface area contributed by atoms with E-state index in [1.165, 1.54) is 18.5 Å². The molecule has 0 N–H and O–H groups in total. The van der Waals surface area contributed by atoms with Crippen LogP contribution in [-0.2, 0) is 9.84 Å². The van der Waals surface area contributed by atoms with E-state index in [4.69, 9.17) is 9.52 Å². The lowest BCUT2D eigenvalue weighted by Crippen LogP contribution is -2.11. The molecule has 2 aromatic carbocycles. The minimum absolute atomic E-state index is 0.0417. The van der Waals surface area contributed by atoms with E-state index in [-0.39, 0.29) is 23.4 Å². The van der Waals surface area contributed by atoms with Crippen molar-refractivity contribution in [3.8, 4) is 33.8 Å². The first-order chi connectivity index (χ1) is 16.5. The molecule has 1 saturated heterocycles. The SMILES string of the molecule is O=S1(=O)CC[C@H](n2cc(-c3ncnc4oc(-c5ccccc5)cc34)c(-c3ccc(F)cc3)n2)C1. The molecule has 0 amide bonds. The number of sulfone groups is 1. The highest BCUT2D eigenvalue weighted by Gasteiger charge is 2.31. The molecule has 7 nitrogen and oxygen atoms in total. The number of fused-ring (bicyclic) bond motifs is 1. The van der Waals surface area contributed by atoms with Crippen molar-refractivity contribution in [1.29, 1.82) is 0 Å². The summed E-state index contributed by atoms with van der Waals surface area (Å²) in [5, 5.41) is 5.46. The summed E-state index contributed by atoms with van der Waals surface area (Å²) in [7, 11) is -3.10. The van der Waals surface area contributed by atoms with Crippen molar-refractivity contribution < 1.29 is 17.2 Å². The van der Waals surface area contributed by atoms with Crippen LogP contribution < -0.4 is 0 Å². The van der Waals surface area contributed by atoms with E-state index in [2.05, 4.69) is 9.97 Å². The van der Waals surface area contributed by atoms with E-state index >= 15 is 0 Å². The van der Waals surface area contributed by atoms with Gasteiger partial charge in [-0.1, -0.05) is 30.3 Å². The Labute approximate surface area is 194 Å². The summed E-state index contributed by atoms with van der Waals surface area (Å²) in [5.41, 5.74) is 3.95. The lowest BCUT2D eigenvalue weighted by Gasteiger charge is -2.07. The summed E-state index contributed by atoms with van der Waals surface area (Å²) in [6.07, 6.45) is 3.75. The third kappa shape index (κ3) is 3.67. The lowest BCUT2D eigenvalue weighted by molar-refractivity contribution is 0.501. The number of benzene rings is 2. The smallest absolute Gasteiger partial charge is 0.230 e. The number of nitrogens with zero attached hydrogens (tertiary/aromatic N) is 4. The molecular weight excluding hydrogens is 455 g/mol. The van der Waals surface area contributed by atoms with Gasteiger partial charge in [-0.15, -0.1) is 0 Å². The van der Waals surface area contributed by atoms with Crippen molar-refractivity contribution in [2.75, 3.05) is 11.5 Å². The van der Waals surface area contributed by atoms with E-state index < -0.39 is 9.84 Å². The van der Waals surface area contributed by atoms with Gasteiger partial charge in [-0.05, 0) is 36.8 Å². The molecule has 4 heterocycles. The van der Waals surface area contributed by atoms with Gasteiger partial charge in [0, 0.05) is 22.9 Å². The van der Waals surface area contributed by atoms with E-state index in [1.54, 1.807) is 16.8 Å². The van der Waals surface area contributed by atoms with Crippen LogP contribution in [0.25, 0.3) is 44.9 Å². The number of aromatic nitrogens is 4. The van der Waals surface area contributed by atoms with Crippen LogP contribution in [0, 0.1) is 5.82 Å². The van der Waals surface area contributed by atoms with Crippen LogP contribution in [0.3, 0.4) is 0 Å². The van der Waals surface area contributed by atoms with Crippen molar-refractivity contribution in [3.05, 3.63) is 79.0 Å². The zero-order chi connectivity index (χ0) is 23.3. The maximum atomic E-state index is 13.6. The van der Waals surface area contributed by atoms with Crippen LogP contribution in [0.4, 0.5) is 4.39 Å². The minimum Gasteiger partial charge on any atom is -0.438 e. The lowest BCUT2D eigenvalue weighted by atomic mass is 10.0. The Bertz CT molecular complexity index is 1610. The zero-order valence-electron chi connectivity index (χ0n) is 17.9. The first kappa shape index (κ1) is 20.7. The van der Waals surface area contributed by atoms with Gasteiger partial charge in [0.2, 0.25) is 5.71 Å². The molecule has 34 heavy (non-hydrogen) atoms. The Morgan fingerprint density at radius 3 is 2.50 bits per heavy atom. The summed E-state index contributed by atoms with van der Waals surface area (Å²) in [6.45, 7) is 0.